The molecule has 9 nitrogen and oxygen atoms in total. The molecular weight excluding hydrogens is 742 g/mol. The second-order valence-electron chi connectivity index (χ2n) is 15.2. The Balaban J connectivity index is 0.00000285. The highest BCUT2D eigenvalue weighted by molar-refractivity contribution is 8.21. The fraction of sp³-hybridized carbons (Fsp3) is 0.548. The van der Waals surface area contributed by atoms with Crippen molar-refractivity contribution < 1.29 is 27.6 Å². The average molecular weight is 796 g/mol. The van der Waals surface area contributed by atoms with Crippen LogP contribution < -0.4 is 10.1 Å². The summed E-state index contributed by atoms with van der Waals surface area (Å²) in [4.78, 5) is 30.4. The smallest absolute Gasteiger partial charge is 0.473 e. The fourth-order valence-corrected chi connectivity index (χ4v) is 8.67. The van der Waals surface area contributed by atoms with Crippen molar-refractivity contribution in [3.63, 3.8) is 0 Å². The Morgan fingerprint density at radius 2 is 1.96 bits per heavy atom. The molecule has 1 N–H and O–H groups in total. The van der Waals surface area contributed by atoms with E-state index in [1.807, 2.05) is 47.6 Å². The van der Waals surface area contributed by atoms with Crippen LogP contribution in [-0.2, 0) is 11.2 Å². The largest absolute Gasteiger partial charge is 0.596 e. The van der Waals surface area contributed by atoms with E-state index in [0.29, 0.717) is 35.7 Å². The summed E-state index contributed by atoms with van der Waals surface area (Å²) in [6.07, 6.45) is 14.1. The Morgan fingerprint density at radius 3 is 2.62 bits per heavy atom. The van der Waals surface area contributed by atoms with Gasteiger partial charge in [-0.15, -0.1) is 11.0 Å². The summed E-state index contributed by atoms with van der Waals surface area (Å²) in [7, 11) is 7.19. The fourth-order valence-electron chi connectivity index (χ4n) is 8.05. The number of hydrogen-bond acceptors (Lipinski definition) is 9. The second-order valence-corrected chi connectivity index (χ2v) is 16.3. The number of amidine groups is 1. The predicted octanol–water partition coefficient (Wildman–Crippen LogP) is 9.69. The first-order valence-electron chi connectivity index (χ1n) is 19.4. The van der Waals surface area contributed by atoms with Gasteiger partial charge in [0.25, 0.3) is 0 Å². The van der Waals surface area contributed by atoms with Crippen molar-refractivity contribution >= 4 is 57.8 Å². The highest BCUT2D eigenvalue weighted by Crippen LogP contribution is 2.45. The number of aryl methyl sites for hydroxylation is 1. The summed E-state index contributed by atoms with van der Waals surface area (Å²) in [6.45, 7) is 18.3. The molecule has 6 rings (SSSR count). The number of benzene rings is 1. The molecule has 4 aliphatic rings. The summed E-state index contributed by atoms with van der Waals surface area (Å²) in [5.74, 6) is 1.64. The van der Waals surface area contributed by atoms with Crippen LogP contribution in [0.4, 0.5) is 19.3 Å². The van der Waals surface area contributed by atoms with Gasteiger partial charge in [0, 0.05) is 34.5 Å². The lowest BCUT2D eigenvalue weighted by molar-refractivity contribution is -0.444. The molecule has 1 amide bonds. The van der Waals surface area contributed by atoms with Crippen molar-refractivity contribution in [2.75, 3.05) is 32.7 Å². The van der Waals surface area contributed by atoms with Gasteiger partial charge in [-0.05, 0) is 132 Å². The van der Waals surface area contributed by atoms with Gasteiger partial charge in [-0.25, -0.2) is 13.8 Å². The zero-order valence-corrected chi connectivity index (χ0v) is 34.6. The molecule has 2 fully saturated rings. The Labute approximate surface area is 333 Å². The molecule has 4 heterocycles. The van der Waals surface area contributed by atoms with Gasteiger partial charge in [0.05, 0.1) is 12.0 Å². The first kappa shape index (κ1) is 42.4. The highest BCUT2D eigenvalue weighted by atomic mass is 35.7. The molecule has 296 valence electrons. The van der Waals surface area contributed by atoms with Crippen LogP contribution in [0, 0.1) is 18.2 Å². The molecule has 2 aromatic rings. The van der Waals surface area contributed by atoms with Crippen molar-refractivity contribution in [1.82, 2.24) is 15.2 Å². The number of hydrogen-bond donors (Lipinski definition) is 1. The number of amides is 1. The lowest BCUT2D eigenvalue weighted by atomic mass is 9.85. The number of nitrogens with zero attached hydrogens (tertiary/aromatic N) is 5. The van der Waals surface area contributed by atoms with Crippen LogP contribution in [0.25, 0.3) is 16.8 Å². The first-order valence-corrected chi connectivity index (χ1v) is 21.1. The third kappa shape index (κ3) is 9.44. The molecule has 55 heavy (non-hydrogen) atoms. The summed E-state index contributed by atoms with van der Waals surface area (Å²) in [5.41, 5.74) is 0.973. The standard InChI is InChI=1S/C40H48ClF2N6O3S.C2H6/c1-7-28-30(42)12-11-26-23-27(53-41)24-29(31(26)28)34-33(43)35(44-6)32-36(45-17-8-14-40-15-9-19-49(40)20-10-16-40)46-18-22-48(38(50)52-39(3,4)5)21-13-25(2)51-37(32)47-34;1-2/h1,21,23-25H,6,8-20,22H2,2-5H3,(H,45,46);1-2H3/q+1;/b48-21+;. The maximum atomic E-state index is 17.1. The lowest BCUT2D eigenvalue weighted by Crippen LogP contribution is -2.39. The number of carbonyl (C=O) groups excluding carboxylic acids is 1. The van der Waals surface area contributed by atoms with E-state index in [1.54, 1.807) is 12.3 Å². The number of aliphatic imine (C=N–C) groups is 2. The van der Waals surface area contributed by atoms with E-state index in [1.165, 1.54) is 30.3 Å². The maximum Gasteiger partial charge on any atom is 0.596 e. The first-order chi connectivity index (χ1) is 26.4. The minimum absolute atomic E-state index is 0.0517. The SMILES string of the molecule is C#CC1=C(F)CCc2cc(SCl)cc(-c3nc4c(c(N=C)c3F)C(NCCCC35CCCN3CCC5)=NCC/[N+](C(=O)OC(C)(C)C)=C\CC(C)O4)c21.CC. The van der Waals surface area contributed by atoms with Crippen molar-refractivity contribution in [2.24, 2.45) is 9.98 Å². The maximum absolute atomic E-state index is 17.1. The van der Waals surface area contributed by atoms with Crippen molar-refractivity contribution in [2.45, 2.75) is 121 Å². The number of aromatic nitrogens is 1. The van der Waals surface area contributed by atoms with E-state index in [-0.39, 0.29) is 59.0 Å². The Bertz CT molecular complexity index is 1910. The summed E-state index contributed by atoms with van der Waals surface area (Å²) < 4.78 is 46.0. The number of pyridine rings is 1. The van der Waals surface area contributed by atoms with E-state index in [4.69, 9.17) is 36.6 Å². The van der Waals surface area contributed by atoms with E-state index < -0.39 is 29.4 Å². The van der Waals surface area contributed by atoms with Crippen LogP contribution in [0.1, 0.15) is 110 Å². The van der Waals surface area contributed by atoms with Gasteiger partial charge in [-0.3, -0.25) is 14.9 Å². The van der Waals surface area contributed by atoms with E-state index in [2.05, 4.69) is 27.8 Å². The topological polar surface area (TPSA) is 91.4 Å². The van der Waals surface area contributed by atoms with Gasteiger partial charge >= 0.3 is 6.09 Å². The molecule has 0 radical (unpaired) electrons. The van der Waals surface area contributed by atoms with Crippen LogP contribution >= 0.6 is 21.7 Å². The Kier molecular flexibility index (Phi) is 14.2. The number of terminal acetylenes is 1. The van der Waals surface area contributed by atoms with E-state index in [9.17, 15) is 4.79 Å². The minimum Gasteiger partial charge on any atom is -0.473 e. The number of carbonyl (C=O) groups is 1. The van der Waals surface area contributed by atoms with Crippen LogP contribution in [0.15, 0.2) is 32.8 Å². The van der Waals surface area contributed by atoms with Crippen LogP contribution in [-0.4, -0.2) is 89.3 Å². The molecule has 2 saturated heterocycles. The monoisotopic (exact) mass is 795 g/mol. The molecular formula is C42H54ClF2N6O3S+. The number of nitrogens with one attached hydrogen (secondary N) is 1. The molecule has 13 heteroatoms. The number of halogens is 3. The average Bonchev–Trinajstić information content (AvgIpc) is 3.74. The molecule has 1 aliphatic carbocycles. The van der Waals surface area contributed by atoms with Crippen molar-refractivity contribution in [1.29, 1.82) is 0 Å². The van der Waals surface area contributed by atoms with Gasteiger partial charge < -0.3 is 14.8 Å². The van der Waals surface area contributed by atoms with Crippen LogP contribution in [0.3, 0.4) is 0 Å². The molecule has 1 aromatic carbocycles. The van der Waals surface area contributed by atoms with Gasteiger partial charge in [-0.1, -0.05) is 19.8 Å². The Morgan fingerprint density at radius 1 is 1.24 bits per heavy atom. The third-order valence-electron chi connectivity index (χ3n) is 10.4. The predicted molar refractivity (Wildman–Crippen MR) is 221 cm³/mol. The number of rotatable bonds is 7. The van der Waals surface area contributed by atoms with E-state index in [0.717, 1.165) is 42.5 Å². The highest BCUT2D eigenvalue weighted by Gasteiger charge is 2.43. The zero-order chi connectivity index (χ0) is 39.9. The van der Waals surface area contributed by atoms with Crippen molar-refractivity contribution in [3.05, 3.63) is 40.5 Å². The number of allylic oxidation sites excluding steroid dienone is 2. The van der Waals surface area contributed by atoms with Crippen LogP contribution in [0.2, 0.25) is 0 Å². The summed E-state index contributed by atoms with van der Waals surface area (Å²) in [5, 5.41) is 3.47. The Hall–Kier alpha value is -3.79. The molecule has 0 spiro atoms. The van der Waals surface area contributed by atoms with Gasteiger partial charge in [0.2, 0.25) is 5.88 Å². The summed E-state index contributed by atoms with van der Waals surface area (Å²) in [6, 6.07) is 3.49. The molecule has 1 atom stereocenters. The quantitative estimate of drug-likeness (QED) is 0.129. The molecule has 0 saturated carbocycles. The van der Waals surface area contributed by atoms with E-state index >= 15 is 8.78 Å². The van der Waals surface area contributed by atoms with Gasteiger partial charge in [0.15, 0.2) is 18.6 Å². The molecule has 1 aromatic heterocycles. The molecule has 1 unspecified atom stereocenters. The normalized spacial score (nSPS) is 20.5. The third-order valence-corrected chi connectivity index (χ3v) is 11.4. The molecule has 3 aliphatic heterocycles. The number of ether oxygens (including phenoxy) is 2. The minimum atomic E-state index is -0.783. The van der Waals surface area contributed by atoms with Crippen LogP contribution in [0.5, 0.6) is 5.88 Å². The van der Waals surface area contributed by atoms with Gasteiger partial charge in [-0.2, -0.15) is 4.79 Å². The lowest BCUT2D eigenvalue weighted by Gasteiger charge is -2.32. The zero-order valence-electron chi connectivity index (χ0n) is 33.0. The number of fused-ring (bicyclic) bond motifs is 3. The second kappa shape index (κ2) is 18.4. The van der Waals surface area contributed by atoms with Crippen molar-refractivity contribution in [3.8, 4) is 29.5 Å². The summed E-state index contributed by atoms with van der Waals surface area (Å²) >= 11 is 0. The van der Waals surface area contributed by atoms with Gasteiger partial charge in [0.1, 0.15) is 46.9 Å². The molecule has 0 bridgehead atoms.